The first-order valence-electron chi connectivity index (χ1n) is 9.47. The van der Waals surface area contributed by atoms with Gasteiger partial charge >= 0.3 is 0 Å². The van der Waals surface area contributed by atoms with Crippen LogP contribution in [0.25, 0.3) is 17.3 Å². The van der Waals surface area contributed by atoms with Crippen molar-refractivity contribution in [1.29, 1.82) is 5.26 Å². The fourth-order valence-electron chi connectivity index (χ4n) is 3.89. The summed E-state index contributed by atoms with van der Waals surface area (Å²) in [4.78, 5) is 0. The molecule has 5 nitrogen and oxygen atoms in total. The highest BCUT2D eigenvalue weighted by Gasteiger charge is 2.18. The molecule has 136 valence electrons. The predicted octanol–water partition coefficient (Wildman–Crippen LogP) is 4.48. The van der Waals surface area contributed by atoms with Crippen molar-refractivity contribution in [3.63, 3.8) is 0 Å². The number of hydrogen-bond acceptors (Lipinski definition) is 3. The maximum Gasteiger partial charge on any atom is 0.174 e. The molecule has 0 bridgehead atoms. The quantitative estimate of drug-likeness (QED) is 0.650. The molecule has 0 amide bonds. The summed E-state index contributed by atoms with van der Waals surface area (Å²) >= 11 is 0. The highest BCUT2D eigenvalue weighted by Crippen LogP contribution is 2.26. The van der Waals surface area contributed by atoms with Crippen LogP contribution >= 0.6 is 0 Å². The van der Waals surface area contributed by atoms with Gasteiger partial charge in [0.2, 0.25) is 0 Å². The molecule has 27 heavy (non-hydrogen) atoms. The van der Waals surface area contributed by atoms with E-state index in [9.17, 15) is 5.26 Å². The third-order valence-electron chi connectivity index (χ3n) is 5.26. The molecule has 5 heteroatoms. The Kier molecular flexibility index (Phi) is 4.64. The summed E-state index contributed by atoms with van der Waals surface area (Å²) in [5.74, 6) is 1.69. The second-order valence-electron chi connectivity index (χ2n) is 7.07. The topological polar surface area (TPSA) is 59.4 Å². The van der Waals surface area contributed by atoms with Crippen LogP contribution in [0, 0.1) is 25.2 Å². The Morgan fingerprint density at radius 3 is 2.70 bits per heavy atom. The van der Waals surface area contributed by atoms with Crippen LogP contribution in [-0.4, -0.2) is 19.3 Å². The lowest BCUT2D eigenvalue weighted by molar-refractivity contribution is 0.627. The monoisotopic (exact) mass is 357 g/mol. The number of allylic oxidation sites excluding steroid dienone is 1. The lowest BCUT2D eigenvalue weighted by Gasteiger charge is -2.09. The molecule has 0 unspecified atom stereocenters. The molecule has 1 aromatic carbocycles. The minimum absolute atomic E-state index is 0.573. The normalized spacial score (nSPS) is 14.5. The molecule has 1 aliphatic rings. The van der Waals surface area contributed by atoms with Crippen molar-refractivity contribution in [3.05, 3.63) is 65.0 Å². The molecule has 0 saturated carbocycles. The van der Waals surface area contributed by atoms with Gasteiger partial charge in [0.25, 0.3) is 0 Å². The van der Waals surface area contributed by atoms with Gasteiger partial charge in [0.05, 0.1) is 5.57 Å². The molecule has 4 rings (SSSR count). The Hall–Kier alpha value is -3.13. The van der Waals surface area contributed by atoms with E-state index in [0.717, 1.165) is 54.3 Å². The van der Waals surface area contributed by atoms with E-state index >= 15 is 0 Å². The summed E-state index contributed by atoms with van der Waals surface area (Å²) in [6, 6.07) is 14.8. The summed E-state index contributed by atoms with van der Waals surface area (Å²) in [6.45, 7) is 5.07. The predicted molar refractivity (Wildman–Crippen MR) is 106 cm³/mol. The molecule has 2 aromatic heterocycles. The smallest absolute Gasteiger partial charge is 0.174 e. The number of para-hydroxylation sites is 1. The lowest BCUT2D eigenvalue weighted by atomic mass is 10.1. The first-order valence-corrected chi connectivity index (χ1v) is 9.47. The number of nitrogens with zero attached hydrogens (tertiary/aromatic N) is 5. The Labute approximate surface area is 159 Å². The van der Waals surface area contributed by atoms with E-state index in [1.54, 1.807) is 0 Å². The Morgan fingerprint density at radius 2 is 1.93 bits per heavy atom. The molecule has 0 spiro atoms. The van der Waals surface area contributed by atoms with Gasteiger partial charge in [-0.05, 0) is 56.5 Å². The van der Waals surface area contributed by atoms with E-state index in [4.69, 9.17) is 0 Å². The first-order chi connectivity index (χ1) is 13.2. The Balaban J connectivity index is 1.77. The fraction of sp³-hybridized carbons (Fsp3) is 0.318. The maximum absolute atomic E-state index is 9.81. The van der Waals surface area contributed by atoms with Crippen LogP contribution in [0.5, 0.6) is 0 Å². The maximum atomic E-state index is 9.81. The van der Waals surface area contributed by atoms with Gasteiger partial charge in [-0.2, -0.15) is 5.26 Å². The van der Waals surface area contributed by atoms with Crippen LogP contribution in [0.3, 0.4) is 0 Å². The molecule has 0 N–H and O–H groups in total. The van der Waals surface area contributed by atoms with Crippen molar-refractivity contribution in [2.75, 3.05) is 0 Å². The number of fused-ring (bicyclic) bond motifs is 1. The van der Waals surface area contributed by atoms with Gasteiger partial charge in [-0.25, -0.2) is 0 Å². The second-order valence-corrected chi connectivity index (χ2v) is 7.07. The van der Waals surface area contributed by atoms with Crippen LogP contribution in [0.15, 0.2) is 36.4 Å². The van der Waals surface area contributed by atoms with Gasteiger partial charge in [0, 0.05) is 30.0 Å². The summed E-state index contributed by atoms with van der Waals surface area (Å²) < 4.78 is 4.34. The molecule has 0 fully saturated rings. The molecule has 1 aliphatic heterocycles. The van der Waals surface area contributed by atoms with E-state index in [2.05, 4.69) is 57.4 Å². The van der Waals surface area contributed by atoms with Crippen LogP contribution in [0.1, 0.15) is 47.9 Å². The van der Waals surface area contributed by atoms with Crippen LogP contribution < -0.4 is 0 Å². The Bertz CT molecular complexity index is 1030. The average molecular weight is 357 g/mol. The largest absolute Gasteiger partial charge is 0.318 e. The van der Waals surface area contributed by atoms with Crippen LogP contribution in [-0.2, 0) is 13.0 Å². The highest BCUT2D eigenvalue weighted by molar-refractivity contribution is 5.88. The van der Waals surface area contributed by atoms with Gasteiger partial charge in [-0.1, -0.05) is 24.6 Å². The number of hydrogen-bond donors (Lipinski definition) is 0. The molecule has 0 saturated heterocycles. The van der Waals surface area contributed by atoms with Crippen molar-refractivity contribution < 1.29 is 0 Å². The van der Waals surface area contributed by atoms with Crippen molar-refractivity contribution in [2.24, 2.45) is 0 Å². The fourth-order valence-corrected chi connectivity index (χ4v) is 3.89. The Morgan fingerprint density at radius 1 is 1.11 bits per heavy atom. The minimum atomic E-state index is 0.573. The van der Waals surface area contributed by atoms with Crippen molar-refractivity contribution in [1.82, 2.24) is 19.3 Å². The molecular weight excluding hydrogens is 334 g/mol. The van der Waals surface area contributed by atoms with Gasteiger partial charge in [0.15, 0.2) is 5.82 Å². The van der Waals surface area contributed by atoms with Crippen molar-refractivity contribution in [2.45, 2.75) is 46.1 Å². The number of nitriles is 1. The van der Waals surface area contributed by atoms with Crippen molar-refractivity contribution >= 4 is 11.6 Å². The van der Waals surface area contributed by atoms with Crippen LogP contribution in [0.4, 0.5) is 0 Å². The first kappa shape index (κ1) is 17.3. The zero-order chi connectivity index (χ0) is 18.8. The summed E-state index contributed by atoms with van der Waals surface area (Å²) in [5.41, 5.74) is 4.99. The highest BCUT2D eigenvalue weighted by atomic mass is 15.3. The van der Waals surface area contributed by atoms with E-state index in [-0.39, 0.29) is 0 Å². The summed E-state index contributed by atoms with van der Waals surface area (Å²) in [6.07, 6.45) is 6.34. The minimum Gasteiger partial charge on any atom is -0.318 e. The molecule has 3 aromatic rings. The van der Waals surface area contributed by atoms with E-state index < -0.39 is 0 Å². The molecule has 0 atom stereocenters. The third kappa shape index (κ3) is 3.19. The zero-order valence-electron chi connectivity index (χ0n) is 15.8. The second kappa shape index (κ2) is 7.24. The number of aryl methyl sites for hydroxylation is 2. The molecular formula is C22H23N5. The van der Waals surface area contributed by atoms with E-state index in [0.29, 0.717) is 11.4 Å². The molecule has 0 aliphatic carbocycles. The van der Waals surface area contributed by atoms with Gasteiger partial charge in [-0.15, -0.1) is 10.2 Å². The standard InChI is InChI=1S/C22H23N5/c1-16-13-18(17(2)27(16)20-9-5-3-6-10-20)14-19(15-23)22-25-24-21-11-7-4-8-12-26(21)22/h3,5-6,9-10,13-14H,4,7-8,11-12H2,1-2H3/b19-14+. The number of benzene rings is 1. The lowest BCUT2D eigenvalue weighted by Crippen LogP contribution is -2.05. The van der Waals surface area contributed by atoms with Crippen molar-refractivity contribution in [3.8, 4) is 11.8 Å². The molecule has 3 heterocycles. The molecule has 0 radical (unpaired) electrons. The summed E-state index contributed by atoms with van der Waals surface area (Å²) in [5, 5.41) is 18.5. The van der Waals surface area contributed by atoms with Crippen LogP contribution in [0.2, 0.25) is 0 Å². The van der Waals surface area contributed by atoms with Gasteiger partial charge < -0.3 is 9.13 Å². The third-order valence-corrected chi connectivity index (χ3v) is 5.26. The van der Waals surface area contributed by atoms with E-state index in [1.165, 1.54) is 6.42 Å². The van der Waals surface area contributed by atoms with E-state index in [1.807, 2.05) is 24.3 Å². The summed E-state index contributed by atoms with van der Waals surface area (Å²) in [7, 11) is 0. The number of aromatic nitrogens is 4. The van der Waals surface area contributed by atoms with Gasteiger partial charge in [-0.3, -0.25) is 0 Å². The van der Waals surface area contributed by atoms with Gasteiger partial charge in [0.1, 0.15) is 11.9 Å². The average Bonchev–Trinajstić information content (AvgIpc) is 3.10. The number of rotatable bonds is 3. The zero-order valence-corrected chi connectivity index (χ0v) is 15.8. The SMILES string of the molecule is Cc1cc(/C=C(\C#N)c2nnc3n2CCCCC3)c(C)n1-c1ccccc1.